The Morgan fingerprint density at radius 2 is 1.79 bits per heavy atom. The molecular weight excluding hydrogens is 635 g/mol. The van der Waals surface area contributed by atoms with Gasteiger partial charge in [0.1, 0.15) is 11.4 Å². The van der Waals surface area contributed by atoms with Crippen molar-refractivity contribution in [2.45, 2.75) is 50.9 Å². The summed E-state index contributed by atoms with van der Waals surface area (Å²) in [5.74, 6) is -0.507. The zero-order chi connectivity index (χ0) is 34.1. The number of rotatable bonds is 10. The standard InChI is InChI=1S/C33H40F3N5O5S/c1-22-17-25(30(42)40-20-27(21-40)46-15-6-12-39(3)4)18-23(2)28(22)9-16-47(44,45)41-13-10-32(11-14-41)31(43)37-29(38-32)24-7-5-8-26(19-24)33(34,35)36/h5,7-9,16-19,27H,6,10-15,20-21H2,1-4H3,(H,37,38,43). The molecule has 3 heterocycles. The lowest BCUT2D eigenvalue weighted by molar-refractivity contribution is -0.137. The Bertz CT molecular complexity index is 1670. The van der Waals surface area contributed by atoms with Crippen molar-refractivity contribution in [3.05, 3.63) is 75.2 Å². The van der Waals surface area contributed by atoms with Gasteiger partial charge in [0.25, 0.3) is 11.8 Å². The van der Waals surface area contributed by atoms with Gasteiger partial charge < -0.3 is 19.9 Å². The number of ether oxygens (including phenoxy) is 1. The third-order valence-corrected chi connectivity index (χ3v) is 10.4. The summed E-state index contributed by atoms with van der Waals surface area (Å²) >= 11 is 0. The normalized spacial score (nSPS) is 19.0. The average molecular weight is 676 g/mol. The van der Waals surface area contributed by atoms with E-state index in [1.54, 1.807) is 17.0 Å². The van der Waals surface area contributed by atoms with E-state index in [0.29, 0.717) is 30.8 Å². The van der Waals surface area contributed by atoms with Crippen LogP contribution in [0.3, 0.4) is 0 Å². The fraction of sp³-hybridized carbons (Fsp3) is 0.485. The lowest BCUT2D eigenvalue weighted by Gasteiger charge is -2.39. The summed E-state index contributed by atoms with van der Waals surface area (Å²) in [6.45, 7) is 6.35. The molecule has 0 aromatic heterocycles. The summed E-state index contributed by atoms with van der Waals surface area (Å²) in [4.78, 5) is 34.3. The zero-order valence-electron chi connectivity index (χ0n) is 26.9. The Morgan fingerprint density at radius 1 is 1.13 bits per heavy atom. The summed E-state index contributed by atoms with van der Waals surface area (Å²) in [5.41, 5.74) is 0.775. The van der Waals surface area contributed by atoms with E-state index in [2.05, 4.69) is 15.2 Å². The van der Waals surface area contributed by atoms with Crippen molar-refractivity contribution in [3.63, 3.8) is 0 Å². The molecule has 3 aliphatic rings. The Balaban J connectivity index is 1.19. The molecule has 3 aliphatic heterocycles. The molecule has 5 rings (SSSR count). The number of aliphatic imine (C=N–C) groups is 1. The van der Waals surface area contributed by atoms with Gasteiger partial charge in [0, 0.05) is 49.3 Å². The number of hydrogen-bond donors (Lipinski definition) is 1. The van der Waals surface area contributed by atoms with E-state index in [0.717, 1.165) is 41.6 Å². The lowest BCUT2D eigenvalue weighted by atomic mass is 9.89. The topological polar surface area (TPSA) is 112 Å². The minimum atomic E-state index is -4.54. The van der Waals surface area contributed by atoms with Gasteiger partial charge in [0.15, 0.2) is 0 Å². The number of hydrogen-bond acceptors (Lipinski definition) is 7. The number of aryl methyl sites for hydroxylation is 2. The molecule has 14 heteroatoms. The van der Waals surface area contributed by atoms with Gasteiger partial charge in [-0.3, -0.25) is 14.6 Å². The zero-order valence-corrected chi connectivity index (χ0v) is 27.7. The van der Waals surface area contributed by atoms with Crippen LogP contribution in [0.5, 0.6) is 0 Å². The lowest BCUT2D eigenvalue weighted by Crippen LogP contribution is -2.54. The number of alkyl halides is 3. The van der Waals surface area contributed by atoms with Gasteiger partial charge in [0.2, 0.25) is 10.0 Å². The van der Waals surface area contributed by atoms with Crippen LogP contribution in [0.15, 0.2) is 46.8 Å². The fourth-order valence-electron chi connectivity index (χ4n) is 6.07. The number of carbonyl (C=O) groups is 2. The van der Waals surface area contributed by atoms with Gasteiger partial charge in [-0.2, -0.15) is 17.5 Å². The van der Waals surface area contributed by atoms with Crippen LogP contribution in [0.25, 0.3) is 6.08 Å². The molecule has 2 fully saturated rings. The molecule has 0 aliphatic carbocycles. The van der Waals surface area contributed by atoms with Crippen LogP contribution in [-0.2, 0) is 25.7 Å². The number of likely N-dealkylation sites (tertiary alicyclic amines) is 1. The number of nitrogens with zero attached hydrogens (tertiary/aromatic N) is 4. The highest BCUT2D eigenvalue weighted by atomic mass is 32.2. The quantitative estimate of drug-likeness (QED) is 0.384. The SMILES string of the molecule is Cc1cc(C(=O)N2CC(OCCCN(C)C)C2)cc(C)c1C=CS(=O)(=O)N1CCC2(CC1)N=C(c1cccc(C(F)(F)F)c1)NC2=O. The van der Waals surface area contributed by atoms with Gasteiger partial charge in [-0.15, -0.1) is 0 Å². The molecule has 2 aromatic rings. The first kappa shape index (κ1) is 34.7. The molecule has 2 saturated heterocycles. The van der Waals surface area contributed by atoms with Crippen LogP contribution < -0.4 is 5.32 Å². The molecule has 1 spiro atoms. The largest absolute Gasteiger partial charge is 0.416 e. The predicted octanol–water partition coefficient (Wildman–Crippen LogP) is 3.83. The van der Waals surface area contributed by atoms with E-state index in [1.165, 1.54) is 22.5 Å². The van der Waals surface area contributed by atoms with Crippen molar-refractivity contribution >= 4 is 33.7 Å². The number of carbonyl (C=O) groups excluding carboxylic acids is 2. The Hall–Kier alpha value is -3.59. The van der Waals surface area contributed by atoms with E-state index in [4.69, 9.17) is 4.74 Å². The molecule has 47 heavy (non-hydrogen) atoms. The van der Waals surface area contributed by atoms with E-state index in [9.17, 15) is 31.2 Å². The number of nitrogens with one attached hydrogen (secondary N) is 1. The van der Waals surface area contributed by atoms with Crippen LogP contribution in [-0.4, -0.2) is 105 Å². The summed E-state index contributed by atoms with van der Waals surface area (Å²) < 4.78 is 73.3. The first-order chi connectivity index (χ1) is 22.1. The molecule has 0 bridgehead atoms. The van der Waals surface area contributed by atoms with Crippen molar-refractivity contribution in [2.75, 3.05) is 53.4 Å². The number of amides is 2. The monoisotopic (exact) mass is 675 g/mol. The second-order valence-corrected chi connectivity index (χ2v) is 14.5. The Morgan fingerprint density at radius 3 is 2.40 bits per heavy atom. The van der Waals surface area contributed by atoms with Crippen LogP contribution in [0.2, 0.25) is 0 Å². The second-order valence-electron chi connectivity index (χ2n) is 12.7. The van der Waals surface area contributed by atoms with Gasteiger partial charge in [-0.05, 0) is 101 Å². The third kappa shape index (κ3) is 7.77. The molecule has 0 radical (unpaired) electrons. The molecule has 1 N–H and O–H groups in total. The Kier molecular flexibility index (Phi) is 9.97. The smallest absolute Gasteiger partial charge is 0.374 e. The molecule has 0 saturated carbocycles. The third-order valence-electron chi connectivity index (χ3n) is 8.84. The van der Waals surface area contributed by atoms with E-state index >= 15 is 0 Å². The van der Waals surface area contributed by atoms with Crippen molar-refractivity contribution < 1.29 is 35.9 Å². The molecule has 0 atom stereocenters. The number of piperidine rings is 1. The van der Waals surface area contributed by atoms with Gasteiger partial charge in [-0.25, -0.2) is 8.42 Å². The highest BCUT2D eigenvalue weighted by molar-refractivity contribution is 7.92. The van der Waals surface area contributed by atoms with E-state index in [1.807, 2.05) is 27.9 Å². The van der Waals surface area contributed by atoms with Gasteiger partial charge >= 0.3 is 6.18 Å². The summed E-state index contributed by atoms with van der Waals surface area (Å²) in [6.07, 6.45) is -1.89. The maximum absolute atomic E-state index is 13.3. The number of halogens is 3. The highest BCUT2D eigenvalue weighted by Crippen LogP contribution is 2.34. The minimum absolute atomic E-state index is 0.0149. The average Bonchev–Trinajstić information content (AvgIpc) is 3.29. The molecular formula is C33H40F3N5O5S. The fourth-order valence-corrected chi connectivity index (χ4v) is 7.24. The van der Waals surface area contributed by atoms with Crippen molar-refractivity contribution in [3.8, 4) is 0 Å². The summed E-state index contributed by atoms with van der Waals surface area (Å²) in [5, 5.41) is 3.72. The van der Waals surface area contributed by atoms with Crippen LogP contribution in [0.1, 0.15) is 57.4 Å². The van der Waals surface area contributed by atoms with E-state index < -0.39 is 33.2 Å². The first-order valence-electron chi connectivity index (χ1n) is 15.5. The maximum Gasteiger partial charge on any atom is 0.416 e. The van der Waals surface area contributed by atoms with E-state index in [-0.39, 0.29) is 49.3 Å². The van der Waals surface area contributed by atoms with Gasteiger partial charge in [-0.1, -0.05) is 12.1 Å². The van der Waals surface area contributed by atoms with Crippen molar-refractivity contribution in [1.82, 2.24) is 19.4 Å². The molecule has 2 aromatic carbocycles. The first-order valence-corrected chi connectivity index (χ1v) is 17.0. The highest BCUT2D eigenvalue weighted by Gasteiger charge is 2.47. The molecule has 2 amide bonds. The molecule has 10 nitrogen and oxygen atoms in total. The molecule has 0 unspecified atom stereocenters. The number of sulfonamides is 1. The Labute approximate surface area is 273 Å². The summed E-state index contributed by atoms with van der Waals surface area (Å²) in [7, 11) is 0.159. The number of benzene rings is 2. The van der Waals surface area contributed by atoms with Crippen molar-refractivity contribution in [1.29, 1.82) is 0 Å². The maximum atomic E-state index is 13.3. The van der Waals surface area contributed by atoms with Crippen LogP contribution in [0.4, 0.5) is 13.2 Å². The predicted molar refractivity (Wildman–Crippen MR) is 172 cm³/mol. The minimum Gasteiger partial charge on any atom is -0.374 e. The van der Waals surface area contributed by atoms with Gasteiger partial charge in [0.05, 0.1) is 11.7 Å². The molecule has 254 valence electrons. The summed E-state index contributed by atoms with van der Waals surface area (Å²) in [6, 6.07) is 8.08. The number of amidine groups is 1. The van der Waals surface area contributed by atoms with Crippen LogP contribution in [0, 0.1) is 13.8 Å². The van der Waals surface area contributed by atoms with Crippen LogP contribution >= 0.6 is 0 Å². The second kappa shape index (κ2) is 13.5. The van der Waals surface area contributed by atoms with Crippen molar-refractivity contribution in [2.24, 2.45) is 4.99 Å².